The topological polar surface area (TPSA) is 64.1 Å². The number of aromatic nitrogens is 2. The van der Waals surface area contributed by atoms with E-state index in [1.54, 1.807) is 24.3 Å². The molecule has 0 unspecified atom stereocenters. The fraction of sp³-hybridized carbons (Fsp3) is 0.105. The highest BCUT2D eigenvalue weighted by atomic mass is 16.5. The van der Waals surface area contributed by atoms with Gasteiger partial charge in [0.1, 0.15) is 17.9 Å². The molecule has 0 aliphatic heterocycles. The summed E-state index contributed by atoms with van der Waals surface area (Å²) in [6.07, 6.45) is 1.50. The molecule has 0 aliphatic carbocycles. The fourth-order valence-corrected chi connectivity index (χ4v) is 2.25. The van der Waals surface area contributed by atoms with Crippen LogP contribution in [0.25, 0.3) is 0 Å². The van der Waals surface area contributed by atoms with Gasteiger partial charge < -0.3 is 10.1 Å². The maximum atomic E-state index is 12.2. The zero-order valence-electron chi connectivity index (χ0n) is 13.5. The highest BCUT2D eigenvalue weighted by Gasteiger charge is 2.09. The van der Waals surface area contributed by atoms with E-state index >= 15 is 0 Å². The van der Waals surface area contributed by atoms with Gasteiger partial charge in [-0.15, -0.1) is 0 Å². The number of carbonyl (C=O) groups is 1. The molecule has 3 rings (SSSR count). The third-order valence-corrected chi connectivity index (χ3v) is 3.37. The minimum atomic E-state index is -0.381. The molecule has 0 fully saturated rings. The number of esters is 1. The summed E-state index contributed by atoms with van der Waals surface area (Å²) in [7, 11) is 0. The molecule has 0 atom stereocenters. The lowest BCUT2D eigenvalue weighted by Gasteiger charge is -2.09. The van der Waals surface area contributed by atoms with E-state index in [2.05, 4.69) is 15.3 Å². The summed E-state index contributed by atoms with van der Waals surface area (Å²) in [6.45, 7) is 3.83. The standard InChI is InChI=1S/C19H17N3O2/c1-13-5-3-6-15(9-13)19(23)24-17-8-4-7-16(11-17)22-18-10-14(2)20-12-21-18/h3-12H,1-2H3,(H,20,21,22). The van der Waals surface area contributed by atoms with Crippen LogP contribution < -0.4 is 10.1 Å². The lowest BCUT2D eigenvalue weighted by atomic mass is 10.1. The second kappa shape index (κ2) is 6.91. The number of anilines is 2. The van der Waals surface area contributed by atoms with Gasteiger partial charge in [0, 0.05) is 23.5 Å². The van der Waals surface area contributed by atoms with Gasteiger partial charge in [-0.25, -0.2) is 14.8 Å². The molecule has 1 aromatic heterocycles. The Morgan fingerprint density at radius 2 is 1.83 bits per heavy atom. The van der Waals surface area contributed by atoms with Gasteiger partial charge in [-0.1, -0.05) is 23.8 Å². The molecule has 3 aromatic rings. The first kappa shape index (κ1) is 15.7. The number of nitrogens with zero attached hydrogens (tertiary/aromatic N) is 2. The van der Waals surface area contributed by atoms with Gasteiger partial charge in [-0.2, -0.15) is 0 Å². The van der Waals surface area contributed by atoms with Crippen molar-refractivity contribution in [2.75, 3.05) is 5.32 Å². The number of benzene rings is 2. The van der Waals surface area contributed by atoms with E-state index in [4.69, 9.17) is 4.74 Å². The lowest BCUT2D eigenvalue weighted by Crippen LogP contribution is -2.08. The molecular weight excluding hydrogens is 302 g/mol. The molecular formula is C19H17N3O2. The van der Waals surface area contributed by atoms with E-state index < -0.39 is 0 Å². The van der Waals surface area contributed by atoms with E-state index in [0.29, 0.717) is 17.1 Å². The normalized spacial score (nSPS) is 10.2. The Hall–Kier alpha value is -3.21. The molecule has 0 bridgehead atoms. The number of hydrogen-bond acceptors (Lipinski definition) is 5. The largest absolute Gasteiger partial charge is 0.423 e. The van der Waals surface area contributed by atoms with Crippen molar-refractivity contribution >= 4 is 17.5 Å². The summed E-state index contributed by atoms with van der Waals surface area (Å²) in [5.41, 5.74) is 3.19. The molecule has 0 saturated heterocycles. The van der Waals surface area contributed by atoms with Crippen molar-refractivity contribution in [3.63, 3.8) is 0 Å². The first-order chi connectivity index (χ1) is 11.6. The van der Waals surface area contributed by atoms with Crippen molar-refractivity contribution in [1.82, 2.24) is 9.97 Å². The predicted octanol–water partition coefficient (Wildman–Crippen LogP) is 4.06. The molecule has 1 N–H and O–H groups in total. The SMILES string of the molecule is Cc1cccc(C(=O)Oc2cccc(Nc3cc(C)ncn3)c2)c1. The quantitative estimate of drug-likeness (QED) is 0.580. The van der Waals surface area contributed by atoms with Crippen LogP contribution in [0.1, 0.15) is 21.6 Å². The fourth-order valence-electron chi connectivity index (χ4n) is 2.25. The summed E-state index contributed by atoms with van der Waals surface area (Å²) in [5.74, 6) is 0.774. The van der Waals surface area contributed by atoms with Gasteiger partial charge in [0.05, 0.1) is 5.56 Å². The summed E-state index contributed by atoms with van der Waals surface area (Å²) in [6, 6.07) is 16.3. The molecule has 0 radical (unpaired) electrons. The Kier molecular flexibility index (Phi) is 4.52. The van der Waals surface area contributed by atoms with Crippen molar-refractivity contribution < 1.29 is 9.53 Å². The minimum absolute atomic E-state index is 0.381. The number of rotatable bonds is 4. The van der Waals surface area contributed by atoms with Gasteiger partial charge in [0.2, 0.25) is 0 Å². The van der Waals surface area contributed by atoms with E-state index in [1.165, 1.54) is 6.33 Å². The van der Waals surface area contributed by atoms with Crippen molar-refractivity contribution in [2.24, 2.45) is 0 Å². The number of hydrogen-bond donors (Lipinski definition) is 1. The molecule has 0 spiro atoms. The zero-order valence-corrected chi connectivity index (χ0v) is 13.5. The Labute approximate surface area is 140 Å². The number of aryl methyl sites for hydroxylation is 2. The maximum Gasteiger partial charge on any atom is 0.343 e. The third-order valence-electron chi connectivity index (χ3n) is 3.37. The van der Waals surface area contributed by atoms with Crippen molar-refractivity contribution in [1.29, 1.82) is 0 Å². The van der Waals surface area contributed by atoms with Gasteiger partial charge in [0.15, 0.2) is 0 Å². The van der Waals surface area contributed by atoms with Crippen LogP contribution in [0.4, 0.5) is 11.5 Å². The maximum absolute atomic E-state index is 12.2. The van der Waals surface area contributed by atoms with E-state index in [9.17, 15) is 4.79 Å². The van der Waals surface area contributed by atoms with Crippen LogP contribution in [0, 0.1) is 13.8 Å². The number of carbonyl (C=O) groups excluding carboxylic acids is 1. The molecule has 5 nitrogen and oxygen atoms in total. The van der Waals surface area contributed by atoms with Crippen LogP contribution in [-0.2, 0) is 0 Å². The summed E-state index contributed by atoms with van der Waals surface area (Å²) < 4.78 is 5.45. The van der Waals surface area contributed by atoms with Crippen molar-refractivity contribution in [3.05, 3.63) is 77.7 Å². The second-order valence-electron chi connectivity index (χ2n) is 5.46. The molecule has 0 amide bonds. The highest BCUT2D eigenvalue weighted by Crippen LogP contribution is 2.21. The first-order valence-electron chi connectivity index (χ1n) is 7.55. The molecule has 0 aliphatic rings. The van der Waals surface area contributed by atoms with Crippen LogP contribution in [0.3, 0.4) is 0 Å². The van der Waals surface area contributed by atoms with Crippen LogP contribution in [-0.4, -0.2) is 15.9 Å². The predicted molar refractivity (Wildman–Crippen MR) is 92.6 cm³/mol. The Morgan fingerprint density at radius 1 is 1.00 bits per heavy atom. The second-order valence-corrected chi connectivity index (χ2v) is 5.46. The Balaban J connectivity index is 1.74. The summed E-state index contributed by atoms with van der Waals surface area (Å²) in [5, 5.41) is 3.16. The third kappa shape index (κ3) is 3.95. The smallest absolute Gasteiger partial charge is 0.343 e. The van der Waals surface area contributed by atoms with Gasteiger partial charge >= 0.3 is 5.97 Å². The van der Waals surface area contributed by atoms with Crippen LogP contribution in [0.5, 0.6) is 5.75 Å². The zero-order chi connectivity index (χ0) is 16.9. The van der Waals surface area contributed by atoms with Crippen LogP contribution in [0.15, 0.2) is 60.9 Å². The molecule has 5 heteroatoms. The van der Waals surface area contributed by atoms with E-state index in [0.717, 1.165) is 16.9 Å². The Bertz CT molecular complexity index is 878. The average Bonchev–Trinajstić information content (AvgIpc) is 2.55. The molecule has 2 aromatic carbocycles. The average molecular weight is 319 g/mol. The first-order valence-corrected chi connectivity index (χ1v) is 7.55. The molecule has 0 saturated carbocycles. The van der Waals surface area contributed by atoms with Gasteiger partial charge in [-0.3, -0.25) is 0 Å². The van der Waals surface area contributed by atoms with E-state index in [1.807, 2.05) is 44.2 Å². The highest BCUT2D eigenvalue weighted by molar-refractivity contribution is 5.91. The van der Waals surface area contributed by atoms with E-state index in [-0.39, 0.29) is 5.97 Å². The van der Waals surface area contributed by atoms with Crippen LogP contribution in [0.2, 0.25) is 0 Å². The lowest BCUT2D eigenvalue weighted by molar-refractivity contribution is 0.0735. The van der Waals surface area contributed by atoms with Crippen molar-refractivity contribution in [2.45, 2.75) is 13.8 Å². The monoisotopic (exact) mass is 319 g/mol. The number of ether oxygens (including phenoxy) is 1. The van der Waals surface area contributed by atoms with Crippen molar-refractivity contribution in [3.8, 4) is 5.75 Å². The van der Waals surface area contributed by atoms with Crippen LogP contribution >= 0.6 is 0 Å². The van der Waals surface area contributed by atoms with Gasteiger partial charge in [0.25, 0.3) is 0 Å². The molecule has 1 heterocycles. The minimum Gasteiger partial charge on any atom is -0.423 e. The summed E-state index contributed by atoms with van der Waals surface area (Å²) in [4.78, 5) is 20.4. The molecule has 24 heavy (non-hydrogen) atoms. The Morgan fingerprint density at radius 3 is 2.62 bits per heavy atom. The number of nitrogens with one attached hydrogen (secondary N) is 1. The molecule has 120 valence electrons. The van der Waals surface area contributed by atoms with Gasteiger partial charge in [-0.05, 0) is 38.1 Å². The summed E-state index contributed by atoms with van der Waals surface area (Å²) >= 11 is 0.